The van der Waals surface area contributed by atoms with Crippen molar-refractivity contribution in [3.8, 4) is 5.75 Å². The second-order valence-electron chi connectivity index (χ2n) is 5.90. The molecule has 0 atom stereocenters. The van der Waals surface area contributed by atoms with Gasteiger partial charge in [-0.05, 0) is 29.8 Å². The van der Waals surface area contributed by atoms with Gasteiger partial charge in [0.15, 0.2) is 5.43 Å². The molecule has 0 saturated carbocycles. The standard InChI is InChI=1S/C19H18F2N2O2/c1-19(20,21)13-5-3-4-12(8-13)11-22-18-10-17(24)15-9-14(25-2)6-7-16(15)23-18/h3-10H,11H2,1-2H3,(H2,22,23,24). The molecule has 0 fully saturated rings. The maximum absolute atomic E-state index is 13.4. The number of hydrogen-bond donors (Lipinski definition) is 2. The number of nitrogens with one attached hydrogen (secondary N) is 2. The molecule has 0 bridgehead atoms. The molecule has 2 N–H and O–H groups in total. The number of hydrogen-bond acceptors (Lipinski definition) is 3. The van der Waals surface area contributed by atoms with Crippen LogP contribution in [0.2, 0.25) is 0 Å². The maximum atomic E-state index is 13.4. The number of ether oxygens (including phenoxy) is 1. The number of methoxy groups -OCH3 is 1. The largest absolute Gasteiger partial charge is 0.497 e. The Bertz CT molecular complexity index is 962. The first-order valence-corrected chi connectivity index (χ1v) is 7.79. The molecule has 0 saturated heterocycles. The zero-order valence-corrected chi connectivity index (χ0v) is 13.9. The van der Waals surface area contributed by atoms with Gasteiger partial charge in [0.2, 0.25) is 0 Å². The quantitative estimate of drug-likeness (QED) is 0.727. The van der Waals surface area contributed by atoms with Crippen molar-refractivity contribution < 1.29 is 13.5 Å². The number of halogens is 2. The molecule has 0 unspecified atom stereocenters. The van der Waals surface area contributed by atoms with Gasteiger partial charge in [0.1, 0.15) is 11.6 Å². The van der Waals surface area contributed by atoms with Crippen LogP contribution in [0.5, 0.6) is 5.75 Å². The van der Waals surface area contributed by atoms with Crippen molar-refractivity contribution in [3.63, 3.8) is 0 Å². The van der Waals surface area contributed by atoms with Gasteiger partial charge < -0.3 is 15.0 Å². The number of H-pyrrole nitrogens is 1. The van der Waals surface area contributed by atoms with Gasteiger partial charge in [-0.3, -0.25) is 4.79 Å². The monoisotopic (exact) mass is 344 g/mol. The zero-order chi connectivity index (χ0) is 18.0. The van der Waals surface area contributed by atoms with E-state index >= 15 is 0 Å². The van der Waals surface area contributed by atoms with Crippen molar-refractivity contribution in [2.45, 2.75) is 19.4 Å². The van der Waals surface area contributed by atoms with Crippen LogP contribution in [-0.2, 0) is 12.5 Å². The van der Waals surface area contributed by atoms with Gasteiger partial charge >= 0.3 is 0 Å². The van der Waals surface area contributed by atoms with Crippen LogP contribution in [0.1, 0.15) is 18.1 Å². The molecular weight excluding hydrogens is 326 g/mol. The minimum atomic E-state index is -2.88. The van der Waals surface area contributed by atoms with Crippen molar-refractivity contribution in [2.75, 3.05) is 12.4 Å². The Morgan fingerprint density at radius 1 is 1.16 bits per heavy atom. The number of anilines is 1. The molecule has 0 aliphatic carbocycles. The smallest absolute Gasteiger partial charge is 0.270 e. The Hall–Kier alpha value is -2.89. The van der Waals surface area contributed by atoms with E-state index in [-0.39, 0.29) is 11.0 Å². The van der Waals surface area contributed by atoms with Crippen LogP contribution in [0.25, 0.3) is 10.9 Å². The van der Waals surface area contributed by atoms with Gasteiger partial charge in [-0.15, -0.1) is 0 Å². The Morgan fingerprint density at radius 3 is 2.68 bits per heavy atom. The van der Waals surface area contributed by atoms with Crippen molar-refractivity contribution in [1.82, 2.24) is 4.98 Å². The van der Waals surface area contributed by atoms with E-state index in [0.717, 1.165) is 6.92 Å². The second-order valence-corrected chi connectivity index (χ2v) is 5.90. The summed E-state index contributed by atoms with van der Waals surface area (Å²) in [6.07, 6.45) is 0. The van der Waals surface area contributed by atoms with Crippen molar-refractivity contribution in [2.24, 2.45) is 0 Å². The lowest BCUT2D eigenvalue weighted by Gasteiger charge is -2.13. The van der Waals surface area contributed by atoms with Crippen LogP contribution in [-0.4, -0.2) is 12.1 Å². The summed E-state index contributed by atoms with van der Waals surface area (Å²) < 4.78 is 31.9. The van der Waals surface area contributed by atoms with Crippen molar-refractivity contribution >= 4 is 16.7 Å². The maximum Gasteiger partial charge on any atom is 0.270 e. The SMILES string of the molecule is COc1ccc2[nH]c(NCc3cccc(C(C)(F)F)c3)cc(=O)c2c1. The van der Waals surface area contributed by atoms with E-state index in [1.54, 1.807) is 37.4 Å². The highest BCUT2D eigenvalue weighted by atomic mass is 19.3. The number of aromatic amines is 1. The topological polar surface area (TPSA) is 54.1 Å². The van der Waals surface area contributed by atoms with Crippen LogP contribution in [0.15, 0.2) is 53.3 Å². The van der Waals surface area contributed by atoms with E-state index in [1.807, 2.05) is 0 Å². The first kappa shape index (κ1) is 17.0. The summed E-state index contributed by atoms with van der Waals surface area (Å²) in [7, 11) is 1.54. The first-order chi connectivity index (χ1) is 11.9. The fourth-order valence-corrected chi connectivity index (χ4v) is 2.60. The van der Waals surface area contributed by atoms with E-state index in [2.05, 4.69) is 10.3 Å². The van der Waals surface area contributed by atoms with Crippen LogP contribution in [0.3, 0.4) is 0 Å². The third-order valence-electron chi connectivity index (χ3n) is 3.95. The van der Waals surface area contributed by atoms with Gasteiger partial charge in [0.25, 0.3) is 5.92 Å². The van der Waals surface area contributed by atoms with Crippen LogP contribution < -0.4 is 15.5 Å². The lowest BCUT2D eigenvalue weighted by Crippen LogP contribution is -2.10. The minimum absolute atomic E-state index is 0.0362. The van der Waals surface area contributed by atoms with E-state index in [4.69, 9.17) is 4.74 Å². The molecule has 3 rings (SSSR count). The molecule has 2 aromatic carbocycles. The molecule has 0 radical (unpaired) electrons. The average Bonchev–Trinajstić information content (AvgIpc) is 2.59. The van der Waals surface area contributed by atoms with Gasteiger partial charge in [0.05, 0.1) is 12.6 Å². The fourth-order valence-electron chi connectivity index (χ4n) is 2.60. The van der Waals surface area contributed by atoms with Crippen molar-refractivity contribution in [3.05, 3.63) is 69.9 Å². The van der Waals surface area contributed by atoms with Gasteiger partial charge in [-0.2, -0.15) is 0 Å². The highest BCUT2D eigenvalue weighted by Gasteiger charge is 2.23. The molecule has 1 aromatic heterocycles. The van der Waals surface area contributed by atoms with E-state index in [1.165, 1.54) is 18.2 Å². The number of aromatic nitrogens is 1. The lowest BCUT2D eigenvalue weighted by atomic mass is 10.1. The van der Waals surface area contributed by atoms with Crippen molar-refractivity contribution in [1.29, 1.82) is 0 Å². The summed E-state index contributed by atoms with van der Waals surface area (Å²) in [6.45, 7) is 1.19. The third kappa shape index (κ3) is 3.79. The Morgan fingerprint density at radius 2 is 1.96 bits per heavy atom. The number of pyridine rings is 1. The highest BCUT2D eigenvalue weighted by molar-refractivity contribution is 5.81. The average molecular weight is 344 g/mol. The molecule has 1 heterocycles. The number of benzene rings is 2. The normalized spacial score (nSPS) is 11.5. The summed E-state index contributed by atoms with van der Waals surface area (Å²) in [5.41, 5.74) is 1.19. The van der Waals surface area contributed by atoms with Crippen LogP contribution in [0, 0.1) is 0 Å². The minimum Gasteiger partial charge on any atom is -0.497 e. The summed E-state index contributed by atoms with van der Waals surface area (Å²) in [5, 5.41) is 3.59. The number of alkyl halides is 2. The summed E-state index contributed by atoms with van der Waals surface area (Å²) >= 11 is 0. The van der Waals surface area contributed by atoms with Crippen LogP contribution >= 0.6 is 0 Å². The summed E-state index contributed by atoms with van der Waals surface area (Å²) in [5.74, 6) is -1.75. The fraction of sp³-hybridized carbons (Fsp3) is 0.211. The predicted octanol–water partition coefficient (Wildman–Crippen LogP) is 4.26. The molecule has 25 heavy (non-hydrogen) atoms. The number of fused-ring (bicyclic) bond motifs is 1. The predicted molar refractivity (Wildman–Crippen MR) is 94.5 cm³/mol. The molecule has 0 amide bonds. The van der Waals surface area contributed by atoms with Gasteiger partial charge in [-0.1, -0.05) is 18.2 Å². The number of rotatable bonds is 5. The second kappa shape index (κ2) is 6.55. The van der Waals surface area contributed by atoms with E-state index in [9.17, 15) is 13.6 Å². The molecule has 0 aliphatic heterocycles. The van der Waals surface area contributed by atoms with Gasteiger partial charge in [-0.25, -0.2) is 8.78 Å². The molecule has 130 valence electrons. The van der Waals surface area contributed by atoms with E-state index < -0.39 is 5.92 Å². The zero-order valence-electron chi connectivity index (χ0n) is 13.9. The lowest BCUT2D eigenvalue weighted by molar-refractivity contribution is 0.0174. The first-order valence-electron chi connectivity index (χ1n) is 7.79. The summed E-state index contributed by atoms with van der Waals surface area (Å²) in [4.78, 5) is 15.4. The summed E-state index contributed by atoms with van der Waals surface area (Å²) in [6, 6.07) is 12.8. The Balaban J connectivity index is 1.83. The molecule has 4 nitrogen and oxygen atoms in total. The molecule has 3 aromatic rings. The highest BCUT2D eigenvalue weighted by Crippen LogP contribution is 2.27. The molecule has 6 heteroatoms. The van der Waals surface area contributed by atoms with E-state index in [0.29, 0.717) is 34.6 Å². The van der Waals surface area contributed by atoms with Crippen LogP contribution in [0.4, 0.5) is 14.6 Å². The molecular formula is C19H18F2N2O2. The molecule has 0 spiro atoms. The Labute approximate surface area is 143 Å². The Kier molecular flexibility index (Phi) is 4.44. The van der Waals surface area contributed by atoms with Gasteiger partial charge in [0, 0.05) is 30.5 Å². The molecule has 0 aliphatic rings. The third-order valence-corrected chi connectivity index (χ3v) is 3.95.